The minimum Gasteiger partial charge on any atom is -0.508 e. The van der Waals surface area contributed by atoms with Crippen LogP contribution in [0.4, 0.5) is 4.79 Å². The molecule has 43 heavy (non-hydrogen) atoms. The summed E-state index contributed by atoms with van der Waals surface area (Å²) in [5, 5.41) is 26.5. The van der Waals surface area contributed by atoms with Gasteiger partial charge in [0.25, 0.3) is 0 Å². The van der Waals surface area contributed by atoms with Crippen molar-refractivity contribution in [3.05, 3.63) is 59.2 Å². The highest BCUT2D eigenvalue weighted by atomic mass is 16.6. The first-order chi connectivity index (χ1) is 20.2. The van der Waals surface area contributed by atoms with Gasteiger partial charge in [0.15, 0.2) is 0 Å². The summed E-state index contributed by atoms with van der Waals surface area (Å²) in [6, 6.07) is 9.12. The van der Waals surface area contributed by atoms with Crippen molar-refractivity contribution in [3.8, 4) is 11.5 Å². The lowest BCUT2D eigenvalue weighted by Crippen LogP contribution is -2.54. The predicted octanol–water partition coefficient (Wildman–Crippen LogP) is 6.30. The van der Waals surface area contributed by atoms with E-state index in [-0.39, 0.29) is 30.5 Å². The van der Waals surface area contributed by atoms with Crippen molar-refractivity contribution in [3.63, 3.8) is 0 Å². The summed E-state index contributed by atoms with van der Waals surface area (Å²) in [6.45, 7) is 13.0. The fourth-order valence-corrected chi connectivity index (χ4v) is 4.86. The molecule has 0 aromatic heterocycles. The van der Waals surface area contributed by atoms with Gasteiger partial charge in [-0.05, 0) is 71.2 Å². The van der Waals surface area contributed by atoms with Gasteiger partial charge in [0, 0.05) is 24.6 Å². The van der Waals surface area contributed by atoms with Crippen LogP contribution in [0.5, 0.6) is 11.5 Å². The standard InChI is InChI=1S/C34H51N3O6/c1-8-9-10-11-12-13-21-37(29(31(40)35-23(2)3)27-16-14-15-24(4)30(27)39)32(41)28(36-33(42)43-34(5,6)7)22-25-17-19-26(38)20-18-25/h14-20,23,28-29,38-39H,8-13,21-22H2,1-7H3,(H,35,40)(H,36,42). The SMILES string of the molecule is CCCCCCCCN(C(=O)C(Cc1ccc(O)cc1)NC(=O)OC(C)(C)C)C(C(=O)NC(C)C)c1cccc(C)c1O. The number of benzene rings is 2. The minimum atomic E-state index is -1.13. The van der Waals surface area contributed by atoms with Crippen molar-refractivity contribution in [2.45, 2.75) is 117 Å². The largest absolute Gasteiger partial charge is 0.508 e. The van der Waals surface area contributed by atoms with E-state index in [1.54, 1.807) is 58.0 Å². The number of nitrogens with zero attached hydrogens (tertiary/aromatic N) is 1. The van der Waals surface area contributed by atoms with Crippen molar-refractivity contribution >= 4 is 17.9 Å². The van der Waals surface area contributed by atoms with Crippen LogP contribution in [0.25, 0.3) is 0 Å². The van der Waals surface area contributed by atoms with Crippen LogP contribution in [0.3, 0.4) is 0 Å². The van der Waals surface area contributed by atoms with E-state index in [9.17, 15) is 24.6 Å². The van der Waals surface area contributed by atoms with Gasteiger partial charge in [-0.3, -0.25) is 9.59 Å². The van der Waals surface area contributed by atoms with Crippen LogP contribution in [0.15, 0.2) is 42.5 Å². The van der Waals surface area contributed by atoms with Crippen LogP contribution in [-0.2, 0) is 20.7 Å². The highest BCUT2D eigenvalue weighted by Gasteiger charge is 2.37. The maximum absolute atomic E-state index is 14.5. The number of carbonyl (C=O) groups is 3. The number of amides is 3. The molecular weight excluding hydrogens is 546 g/mol. The van der Waals surface area contributed by atoms with Gasteiger partial charge in [-0.15, -0.1) is 0 Å². The monoisotopic (exact) mass is 597 g/mol. The second-order valence-electron chi connectivity index (χ2n) is 12.4. The molecule has 9 nitrogen and oxygen atoms in total. The number of nitrogens with one attached hydrogen (secondary N) is 2. The molecule has 0 saturated carbocycles. The van der Waals surface area contributed by atoms with E-state index in [0.29, 0.717) is 23.1 Å². The Balaban J connectivity index is 2.58. The number of phenolic OH excluding ortho intramolecular Hbond substituents is 2. The molecule has 0 aliphatic heterocycles. The second-order valence-corrected chi connectivity index (χ2v) is 12.4. The van der Waals surface area contributed by atoms with Gasteiger partial charge in [0.2, 0.25) is 11.8 Å². The normalized spacial score (nSPS) is 12.8. The third-order valence-electron chi connectivity index (χ3n) is 6.96. The number of rotatable bonds is 15. The fourth-order valence-electron chi connectivity index (χ4n) is 4.86. The zero-order valence-corrected chi connectivity index (χ0v) is 26.9. The number of hydrogen-bond acceptors (Lipinski definition) is 6. The van der Waals surface area contributed by atoms with Crippen molar-refractivity contribution < 1.29 is 29.3 Å². The molecule has 0 aliphatic rings. The van der Waals surface area contributed by atoms with Crippen LogP contribution in [0.1, 0.15) is 103 Å². The number of aryl methyl sites for hydroxylation is 1. The van der Waals surface area contributed by atoms with Crippen molar-refractivity contribution in [2.75, 3.05) is 6.54 Å². The molecular formula is C34H51N3O6. The van der Waals surface area contributed by atoms with E-state index in [0.717, 1.165) is 32.1 Å². The Hall–Kier alpha value is -3.75. The number of unbranched alkanes of at least 4 members (excludes halogenated alkanes) is 5. The number of ether oxygens (including phenoxy) is 1. The summed E-state index contributed by atoms with van der Waals surface area (Å²) in [5.41, 5.74) is 0.812. The predicted molar refractivity (Wildman–Crippen MR) is 169 cm³/mol. The van der Waals surface area contributed by atoms with Crippen LogP contribution in [0.2, 0.25) is 0 Å². The Morgan fingerprint density at radius 2 is 1.53 bits per heavy atom. The average Bonchev–Trinajstić information content (AvgIpc) is 2.91. The molecule has 0 fully saturated rings. The maximum atomic E-state index is 14.5. The third kappa shape index (κ3) is 11.8. The van der Waals surface area contributed by atoms with Crippen LogP contribution in [-0.4, -0.2) is 57.3 Å². The number of aromatic hydroxyl groups is 2. The summed E-state index contributed by atoms with van der Waals surface area (Å²) in [4.78, 5) is 42.8. The van der Waals surface area contributed by atoms with E-state index in [1.165, 1.54) is 17.0 Å². The molecule has 9 heteroatoms. The Kier molecular flexibility index (Phi) is 13.8. The van der Waals surface area contributed by atoms with Crippen LogP contribution in [0, 0.1) is 6.92 Å². The average molecular weight is 598 g/mol. The molecule has 0 bridgehead atoms. The van der Waals surface area contributed by atoms with Gasteiger partial charge in [-0.1, -0.05) is 69.4 Å². The zero-order valence-electron chi connectivity index (χ0n) is 26.9. The van der Waals surface area contributed by atoms with E-state index in [2.05, 4.69) is 17.6 Å². The van der Waals surface area contributed by atoms with E-state index in [1.807, 2.05) is 13.8 Å². The lowest BCUT2D eigenvalue weighted by molar-refractivity contribution is -0.142. The highest BCUT2D eigenvalue weighted by molar-refractivity contribution is 5.93. The summed E-state index contributed by atoms with van der Waals surface area (Å²) in [7, 11) is 0. The molecule has 0 heterocycles. The molecule has 0 spiro atoms. The molecule has 2 aromatic rings. The number of carbonyl (C=O) groups excluding carboxylic acids is 3. The second kappa shape index (κ2) is 16.8. The fraction of sp³-hybridized carbons (Fsp3) is 0.559. The smallest absolute Gasteiger partial charge is 0.408 e. The Labute approximate surface area is 257 Å². The van der Waals surface area contributed by atoms with Gasteiger partial charge in [-0.2, -0.15) is 0 Å². The molecule has 2 aromatic carbocycles. The first kappa shape index (κ1) is 35.4. The number of phenols is 2. The molecule has 2 atom stereocenters. The summed E-state index contributed by atoms with van der Waals surface area (Å²) in [5.74, 6) is -0.868. The van der Waals surface area contributed by atoms with E-state index in [4.69, 9.17) is 4.74 Å². The molecule has 3 amide bonds. The first-order valence-electron chi connectivity index (χ1n) is 15.4. The van der Waals surface area contributed by atoms with Gasteiger partial charge in [0.05, 0.1) is 0 Å². The zero-order chi connectivity index (χ0) is 32.2. The van der Waals surface area contributed by atoms with Crippen molar-refractivity contribution in [1.29, 1.82) is 0 Å². The quantitative estimate of drug-likeness (QED) is 0.179. The summed E-state index contributed by atoms with van der Waals surface area (Å²) in [6.07, 6.45) is 5.19. The van der Waals surface area contributed by atoms with Crippen molar-refractivity contribution in [1.82, 2.24) is 15.5 Å². The number of para-hydroxylation sites is 1. The molecule has 238 valence electrons. The van der Waals surface area contributed by atoms with Crippen LogP contribution < -0.4 is 10.6 Å². The van der Waals surface area contributed by atoms with Crippen LogP contribution >= 0.6 is 0 Å². The van der Waals surface area contributed by atoms with E-state index >= 15 is 0 Å². The van der Waals surface area contributed by atoms with Gasteiger partial charge in [-0.25, -0.2) is 4.79 Å². The van der Waals surface area contributed by atoms with Crippen molar-refractivity contribution in [2.24, 2.45) is 0 Å². The molecule has 0 aliphatic carbocycles. The maximum Gasteiger partial charge on any atom is 0.408 e. The molecule has 0 saturated heterocycles. The van der Waals surface area contributed by atoms with Gasteiger partial charge in [0.1, 0.15) is 29.2 Å². The molecule has 0 radical (unpaired) electrons. The van der Waals surface area contributed by atoms with Gasteiger partial charge >= 0.3 is 6.09 Å². The molecule has 2 rings (SSSR count). The number of hydrogen-bond donors (Lipinski definition) is 4. The lowest BCUT2D eigenvalue weighted by atomic mass is 9.97. The minimum absolute atomic E-state index is 0.0534. The summed E-state index contributed by atoms with van der Waals surface area (Å²) < 4.78 is 5.49. The Morgan fingerprint density at radius 3 is 2.14 bits per heavy atom. The summed E-state index contributed by atoms with van der Waals surface area (Å²) >= 11 is 0. The highest BCUT2D eigenvalue weighted by Crippen LogP contribution is 2.33. The van der Waals surface area contributed by atoms with E-state index < -0.39 is 35.6 Å². The third-order valence-corrected chi connectivity index (χ3v) is 6.96. The molecule has 4 N–H and O–H groups in total. The lowest BCUT2D eigenvalue weighted by Gasteiger charge is -2.35. The number of alkyl carbamates (subject to hydrolysis) is 1. The Bertz CT molecular complexity index is 1190. The Morgan fingerprint density at radius 1 is 0.907 bits per heavy atom. The molecule has 2 unspecified atom stereocenters. The topological polar surface area (TPSA) is 128 Å². The van der Waals surface area contributed by atoms with Gasteiger partial charge < -0.3 is 30.5 Å². The first-order valence-corrected chi connectivity index (χ1v) is 15.4.